The van der Waals surface area contributed by atoms with Gasteiger partial charge in [0, 0.05) is 12.2 Å². The Hall–Kier alpha value is -1.09. The molecule has 0 amide bonds. The zero-order chi connectivity index (χ0) is 12.1. The van der Waals surface area contributed by atoms with Gasteiger partial charge in [-0.2, -0.15) is 0 Å². The molecule has 0 saturated carbocycles. The minimum Gasteiger partial charge on any atom is -0.399 e. The maximum absolute atomic E-state index is 12.1. The first-order chi connectivity index (χ1) is 8.29. The Morgan fingerprint density at radius 3 is 2.41 bits per heavy atom. The van der Waals surface area contributed by atoms with Gasteiger partial charge in [0.25, 0.3) is 0 Å². The minimum absolute atomic E-state index is 0.197. The maximum Gasteiger partial charge on any atom is 0.0906 e. The van der Waals surface area contributed by atoms with E-state index in [0.29, 0.717) is 12.3 Å². The van der Waals surface area contributed by atoms with Gasteiger partial charge in [-0.3, -0.25) is 4.39 Å². The molecular formula is C14H21FN2. The maximum atomic E-state index is 12.1. The Morgan fingerprint density at radius 1 is 1.18 bits per heavy atom. The SMILES string of the molecule is Nc1ccc(C2CCN(CCCF)CC2)cc1. The van der Waals surface area contributed by atoms with E-state index in [2.05, 4.69) is 17.0 Å². The summed E-state index contributed by atoms with van der Waals surface area (Å²) in [5.41, 5.74) is 7.91. The van der Waals surface area contributed by atoms with Crippen LogP contribution in [0.15, 0.2) is 24.3 Å². The van der Waals surface area contributed by atoms with Gasteiger partial charge in [0.2, 0.25) is 0 Å². The number of alkyl halides is 1. The van der Waals surface area contributed by atoms with Gasteiger partial charge >= 0.3 is 0 Å². The highest BCUT2D eigenvalue weighted by Gasteiger charge is 2.19. The number of nitrogens with two attached hydrogens (primary N) is 1. The molecule has 3 heteroatoms. The Labute approximate surface area is 103 Å². The lowest BCUT2D eigenvalue weighted by molar-refractivity contribution is 0.204. The number of hydrogen-bond donors (Lipinski definition) is 1. The molecule has 2 nitrogen and oxygen atoms in total. The van der Waals surface area contributed by atoms with Crippen molar-refractivity contribution >= 4 is 5.69 Å². The van der Waals surface area contributed by atoms with E-state index in [1.165, 1.54) is 18.4 Å². The van der Waals surface area contributed by atoms with E-state index >= 15 is 0 Å². The Balaban J connectivity index is 1.84. The predicted octanol–water partition coefficient (Wildman–Crippen LogP) is 2.81. The van der Waals surface area contributed by atoms with Crippen molar-refractivity contribution < 1.29 is 4.39 Å². The van der Waals surface area contributed by atoms with Crippen LogP contribution in [0.2, 0.25) is 0 Å². The number of benzene rings is 1. The number of nitrogens with zero attached hydrogens (tertiary/aromatic N) is 1. The topological polar surface area (TPSA) is 29.3 Å². The van der Waals surface area contributed by atoms with Crippen LogP contribution in [-0.4, -0.2) is 31.2 Å². The van der Waals surface area contributed by atoms with E-state index in [1.54, 1.807) is 0 Å². The highest BCUT2D eigenvalue weighted by Crippen LogP contribution is 2.28. The average Bonchev–Trinajstić information content (AvgIpc) is 2.38. The summed E-state index contributed by atoms with van der Waals surface area (Å²) in [7, 11) is 0. The van der Waals surface area contributed by atoms with Gasteiger partial charge in [-0.05, 0) is 56.0 Å². The lowest BCUT2D eigenvalue weighted by atomic mass is 9.89. The van der Waals surface area contributed by atoms with E-state index in [4.69, 9.17) is 5.73 Å². The summed E-state index contributed by atoms with van der Waals surface area (Å²) in [6.45, 7) is 2.90. The van der Waals surface area contributed by atoms with Crippen LogP contribution in [0, 0.1) is 0 Å². The standard InChI is InChI=1S/C14H21FN2/c15-8-1-9-17-10-6-13(7-11-17)12-2-4-14(16)5-3-12/h2-5,13H,1,6-11,16H2. The quantitative estimate of drug-likeness (QED) is 0.814. The Bertz CT molecular complexity index is 329. The third-order valence-corrected chi connectivity index (χ3v) is 3.60. The van der Waals surface area contributed by atoms with Crippen LogP contribution in [0.4, 0.5) is 10.1 Å². The third-order valence-electron chi connectivity index (χ3n) is 3.60. The molecule has 0 unspecified atom stereocenters. The molecule has 0 spiro atoms. The molecule has 1 saturated heterocycles. The van der Waals surface area contributed by atoms with Gasteiger partial charge in [0.05, 0.1) is 6.67 Å². The normalized spacial score (nSPS) is 18.4. The lowest BCUT2D eigenvalue weighted by Crippen LogP contribution is -2.33. The van der Waals surface area contributed by atoms with Gasteiger partial charge in [0.15, 0.2) is 0 Å². The molecular weight excluding hydrogens is 215 g/mol. The van der Waals surface area contributed by atoms with Crippen molar-refractivity contribution in [2.24, 2.45) is 0 Å². The van der Waals surface area contributed by atoms with Gasteiger partial charge < -0.3 is 10.6 Å². The predicted molar refractivity (Wildman–Crippen MR) is 69.9 cm³/mol. The Kier molecular flexibility index (Phi) is 4.37. The second kappa shape index (κ2) is 6.01. The number of anilines is 1. The van der Waals surface area contributed by atoms with Gasteiger partial charge in [-0.1, -0.05) is 12.1 Å². The van der Waals surface area contributed by atoms with Crippen molar-refractivity contribution in [3.05, 3.63) is 29.8 Å². The summed E-state index contributed by atoms with van der Waals surface area (Å²) < 4.78 is 12.1. The highest BCUT2D eigenvalue weighted by atomic mass is 19.1. The molecule has 0 aliphatic carbocycles. The summed E-state index contributed by atoms with van der Waals surface area (Å²) >= 11 is 0. The fourth-order valence-electron chi connectivity index (χ4n) is 2.54. The number of rotatable bonds is 4. The highest BCUT2D eigenvalue weighted by molar-refractivity contribution is 5.40. The Morgan fingerprint density at radius 2 is 1.82 bits per heavy atom. The third kappa shape index (κ3) is 3.43. The second-order valence-electron chi connectivity index (χ2n) is 4.83. The molecule has 1 aromatic carbocycles. The van der Waals surface area contributed by atoms with Crippen LogP contribution in [0.5, 0.6) is 0 Å². The number of piperidine rings is 1. The molecule has 1 aromatic rings. The smallest absolute Gasteiger partial charge is 0.0906 e. The fraction of sp³-hybridized carbons (Fsp3) is 0.571. The van der Waals surface area contributed by atoms with E-state index in [9.17, 15) is 4.39 Å². The van der Waals surface area contributed by atoms with E-state index in [-0.39, 0.29) is 6.67 Å². The molecule has 1 fully saturated rings. The van der Waals surface area contributed by atoms with Gasteiger partial charge in [0.1, 0.15) is 0 Å². The van der Waals surface area contributed by atoms with E-state index < -0.39 is 0 Å². The zero-order valence-corrected chi connectivity index (χ0v) is 10.2. The van der Waals surface area contributed by atoms with Crippen molar-refractivity contribution in [2.75, 3.05) is 32.0 Å². The molecule has 2 rings (SSSR count). The zero-order valence-electron chi connectivity index (χ0n) is 10.2. The first-order valence-electron chi connectivity index (χ1n) is 6.43. The van der Waals surface area contributed by atoms with E-state index in [0.717, 1.165) is 25.3 Å². The first-order valence-corrected chi connectivity index (χ1v) is 6.43. The first kappa shape index (κ1) is 12.4. The number of likely N-dealkylation sites (tertiary alicyclic amines) is 1. The largest absolute Gasteiger partial charge is 0.399 e. The minimum atomic E-state index is -0.197. The van der Waals surface area contributed by atoms with Crippen LogP contribution in [0.1, 0.15) is 30.7 Å². The second-order valence-corrected chi connectivity index (χ2v) is 4.83. The van der Waals surface area contributed by atoms with Gasteiger partial charge in [-0.25, -0.2) is 0 Å². The van der Waals surface area contributed by atoms with Crippen LogP contribution < -0.4 is 5.73 Å². The number of hydrogen-bond acceptors (Lipinski definition) is 2. The molecule has 94 valence electrons. The molecule has 1 aliphatic heterocycles. The summed E-state index contributed by atoms with van der Waals surface area (Å²) in [5.74, 6) is 0.650. The summed E-state index contributed by atoms with van der Waals surface area (Å²) in [6.07, 6.45) is 3.03. The fourth-order valence-corrected chi connectivity index (χ4v) is 2.54. The molecule has 1 aliphatic rings. The van der Waals surface area contributed by atoms with Crippen molar-refractivity contribution in [1.29, 1.82) is 0 Å². The molecule has 17 heavy (non-hydrogen) atoms. The summed E-state index contributed by atoms with van der Waals surface area (Å²) in [6, 6.07) is 8.23. The molecule has 0 radical (unpaired) electrons. The summed E-state index contributed by atoms with van der Waals surface area (Å²) in [5, 5.41) is 0. The van der Waals surface area contributed by atoms with Crippen molar-refractivity contribution in [3.8, 4) is 0 Å². The van der Waals surface area contributed by atoms with Crippen LogP contribution in [-0.2, 0) is 0 Å². The van der Waals surface area contributed by atoms with Crippen molar-refractivity contribution in [3.63, 3.8) is 0 Å². The van der Waals surface area contributed by atoms with Crippen molar-refractivity contribution in [2.45, 2.75) is 25.2 Å². The molecule has 2 N–H and O–H groups in total. The van der Waals surface area contributed by atoms with Gasteiger partial charge in [-0.15, -0.1) is 0 Å². The van der Waals surface area contributed by atoms with Crippen LogP contribution in [0.25, 0.3) is 0 Å². The van der Waals surface area contributed by atoms with Crippen molar-refractivity contribution in [1.82, 2.24) is 4.90 Å². The molecule has 0 atom stereocenters. The number of halogens is 1. The summed E-state index contributed by atoms with van der Waals surface area (Å²) in [4.78, 5) is 2.37. The molecule has 0 bridgehead atoms. The van der Waals surface area contributed by atoms with Crippen LogP contribution in [0.3, 0.4) is 0 Å². The average molecular weight is 236 g/mol. The monoisotopic (exact) mass is 236 g/mol. The molecule has 1 heterocycles. The number of nitrogen functional groups attached to an aromatic ring is 1. The van der Waals surface area contributed by atoms with Crippen LogP contribution >= 0.6 is 0 Å². The molecule has 0 aromatic heterocycles. The lowest BCUT2D eigenvalue weighted by Gasteiger charge is -2.32. The van der Waals surface area contributed by atoms with E-state index in [1.807, 2.05) is 12.1 Å².